The van der Waals surface area contributed by atoms with Crippen molar-refractivity contribution in [3.8, 4) is 0 Å². The maximum absolute atomic E-state index is 10.2. The van der Waals surface area contributed by atoms with E-state index in [-0.39, 0.29) is 0 Å². The molecule has 1 unspecified atom stereocenters. The lowest BCUT2D eigenvalue weighted by Crippen LogP contribution is -2.18. The summed E-state index contributed by atoms with van der Waals surface area (Å²) in [5.74, 6) is 0. The van der Waals surface area contributed by atoms with E-state index in [0.29, 0.717) is 0 Å². The molecule has 0 spiro atoms. The minimum atomic E-state index is -0.858. The SMILES string of the molecule is CC(C)=CC(C)(O)c1ccc(I)cc1. The summed E-state index contributed by atoms with van der Waals surface area (Å²) in [7, 11) is 0. The first-order valence-electron chi connectivity index (χ1n) is 4.56. The number of aliphatic hydroxyl groups is 1. The van der Waals surface area contributed by atoms with E-state index in [1.165, 1.54) is 3.57 Å². The maximum Gasteiger partial charge on any atom is 0.105 e. The topological polar surface area (TPSA) is 20.2 Å². The van der Waals surface area contributed by atoms with Crippen LogP contribution in [0.15, 0.2) is 35.9 Å². The van der Waals surface area contributed by atoms with Crippen LogP contribution in [0.3, 0.4) is 0 Å². The van der Waals surface area contributed by atoms with Crippen molar-refractivity contribution in [2.75, 3.05) is 0 Å². The van der Waals surface area contributed by atoms with Crippen molar-refractivity contribution in [1.82, 2.24) is 0 Å². The van der Waals surface area contributed by atoms with Gasteiger partial charge >= 0.3 is 0 Å². The first-order chi connectivity index (χ1) is 6.42. The highest BCUT2D eigenvalue weighted by atomic mass is 127. The van der Waals surface area contributed by atoms with Gasteiger partial charge in [0.05, 0.1) is 0 Å². The summed E-state index contributed by atoms with van der Waals surface area (Å²) in [6, 6.07) is 7.93. The molecule has 1 rings (SSSR count). The fraction of sp³-hybridized carbons (Fsp3) is 0.333. The number of halogens is 1. The van der Waals surface area contributed by atoms with Crippen LogP contribution < -0.4 is 0 Å². The molecule has 0 aliphatic rings. The summed E-state index contributed by atoms with van der Waals surface area (Å²) in [4.78, 5) is 0. The van der Waals surface area contributed by atoms with Crippen LogP contribution in [0.5, 0.6) is 0 Å². The van der Waals surface area contributed by atoms with Crippen LogP contribution in [0.2, 0.25) is 0 Å². The van der Waals surface area contributed by atoms with Gasteiger partial charge < -0.3 is 5.11 Å². The van der Waals surface area contributed by atoms with E-state index in [2.05, 4.69) is 22.6 Å². The molecule has 0 radical (unpaired) electrons. The Labute approximate surface area is 99.0 Å². The van der Waals surface area contributed by atoms with Gasteiger partial charge in [-0.15, -0.1) is 0 Å². The molecule has 0 aliphatic carbocycles. The predicted molar refractivity (Wildman–Crippen MR) is 68.2 cm³/mol. The first-order valence-corrected chi connectivity index (χ1v) is 5.64. The third-order valence-corrected chi connectivity index (χ3v) is 2.72. The zero-order valence-corrected chi connectivity index (χ0v) is 10.9. The summed E-state index contributed by atoms with van der Waals surface area (Å²) in [6.45, 7) is 5.78. The van der Waals surface area contributed by atoms with Crippen LogP contribution in [-0.2, 0) is 5.60 Å². The standard InChI is InChI=1S/C12H15IO/c1-9(2)8-12(3,14)10-4-6-11(13)7-5-10/h4-8,14H,1-3H3. The van der Waals surface area contributed by atoms with Gasteiger partial charge in [0.15, 0.2) is 0 Å². The second kappa shape index (κ2) is 4.45. The quantitative estimate of drug-likeness (QED) is 0.655. The molecule has 0 saturated heterocycles. The van der Waals surface area contributed by atoms with Crippen LogP contribution in [0.25, 0.3) is 0 Å². The molecule has 0 heterocycles. The average Bonchev–Trinajstić information content (AvgIpc) is 2.02. The Morgan fingerprint density at radius 1 is 1.29 bits per heavy atom. The van der Waals surface area contributed by atoms with E-state index in [1.807, 2.05) is 51.1 Å². The van der Waals surface area contributed by atoms with E-state index in [0.717, 1.165) is 11.1 Å². The monoisotopic (exact) mass is 302 g/mol. The first kappa shape index (κ1) is 11.7. The Balaban J connectivity index is 3.04. The van der Waals surface area contributed by atoms with Crippen molar-refractivity contribution in [1.29, 1.82) is 0 Å². The Hall–Kier alpha value is -0.350. The van der Waals surface area contributed by atoms with Crippen molar-refractivity contribution in [2.24, 2.45) is 0 Å². The molecule has 0 bridgehead atoms. The molecule has 1 nitrogen and oxygen atoms in total. The molecule has 0 aromatic heterocycles. The predicted octanol–water partition coefficient (Wildman–Crippen LogP) is 3.46. The van der Waals surface area contributed by atoms with Gasteiger partial charge in [0.2, 0.25) is 0 Å². The van der Waals surface area contributed by atoms with E-state index in [9.17, 15) is 5.11 Å². The largest absolute Gasteiger partial charge is 0.381 e. The van der Waals surface area contributed by atoms with Crippen molar-refractivity contribution in [2.45, 2.75) is 26.4 Å². The van der Waals surface area contributed by atoms with Gasteiger partial charge in [-0.1, -0.05) is 23.8 Å². The van der Waals surface area contributed by atoms with Crippen LogP contribution in [0, 0.1) is 3.57 Å². The number of hydrogen-bond donors (Lipinski definition) is 1. The zero-order valence-electron chi connectivity index (χ0n) is 8.71. The Bertz CT molecular complexity index is 332. The molecule has 0 saturated carbocycles. The fourth-order valence-corrected chi connectivity index (χ4v) is 1.79. The second-order valence-corrected chi connectivity index (χ2v) is 5.12. The summed E-state index contributed by atoms with van der Waals surface area (Å²) < 4.78 is 1.18. The number of hydrogen-bond acceptors (Lipinski definition) is 1. The Morgan fingerprint density at radius 2 is 1.79 bits per heavy atom. The third kappa shape index (κ3) is 3.10. The van der Waals surface area contributed by atoms with E-state index in [1.54, 1.807) is 0 Å². The lowest BCUT2D eigenvalue weighted by atomic mass is 9.94. The van der Waals surface area contributed by atoms with Gasteiger partial charge in [0.1, 0.15) is 5.60 Å². The molecule has 1 aromatic carbocycles. The van der Waals surface area contributed by atoms with Gasteiger partial charge in [0, 0.05) is 3.57 Å². The summed E-state index contributed by atoms with van der Waals surface area (Å²) in [5, 5.41) is 10.2. The summed E-state index contributed by atoms with van der Waals surface area (Å²) in [5.41, 5.74) is 1.19. The second-order valence-electron chi connectivity index (χ2n) is 3.88. The average molecular weight is 302 g/mol. The lowest BCUT2D eigenvalue weighted by Gasteiger charge is -2.20. The van der Waals surface area contributed by atoms with Crippen LogP contribution in [-0.4, -0.2) is 5.11 Å². The summed E-state index contributed by atoms with van der Waals surface area (Å²) in [6.07, 6.45) is 1.87. The maximum atomic E-state index is 10.2. The van der Waals surface area contributed by atoms with Crippen molar-refractivity contribution in [3.63, 3.8) is 0 Å². The van der Waals surface area contributed by atoms with Crippen LogP contribution >= 0.6 is 22.6 Å². The fourth-order valence-electron chi connectivity index (χ4n) is 1.43. The molecule has 76 valence electrons. The van der Waals surface area contributed by atoms with Gasteiger partial charge in [-0.25, -0.2) is 0 Å². The zero-order chi connectivity index (χ0) is 10.8. The molecule has 1 N–H and O–H groups in total. The van der Waals surface area contributed by atoms with E-state index in [4.69, 9.17) is 0 Å². The third-order valence-electron chi connectivity index (χ3n) is 2.00. The smallest absolute Gasteiger partial charge is 0.105 e. The highest BCUT2D eigenvalue weighted by Crippen LogP contribution is 2.24. The Morgan fingerprint density at radius 3 is 2.21 bits per heavy atom. The normalized spacial score (nSPS) is 14.6. The van der Waals surface area contributed by atoms with Gasteiger partial charge in [-0.3, -0.25) is 0 Å². The molecule has 14 heavy (non-hydrogen) atoms. The van der Waals surface area contributed by atoms with Gasteiger partial charge in [-0.2, -0.15) is 0 Å². The van der Waals surface area contributed by atoms with Crippen molar-refractivity contribution < 1.29 is 5.11 Å². The molecule has 2 heteroatoms. The number of allylic oxidation sites excluding steroid dienone is 1. The highest BCUT2D eigenvalue weighted by molar-refractivity contribution is 14.1. The van der Waals surface area contributed by atoms with Gasteiger partial charge in [0.25, 0.3) is 0 Å². The molecule has 0 amide bonds. The van der Waals surface area contributed by atoms with Crippen molar-refractivity contribution >= 4 is 22.6 Å². The molecule has 0 fully saturated rings. The molecular weight excluding hydrogens is 287 g/mol. The minimum absolute atomic E-state index is 0.858. The lowest BCUT2D eigenvalue weighted by molar-refractivity contribution is 0.110. The van der Waals surface area contributed by atoms with Crippen LogP contribution in [0.1, 0.15) is 26.3 Å². The number of benzene rings is 1. The Kier molecular flexibility index (Phi) is 3.72. The summed E-state index contributed by atoms with van der Waals surface area (Å²) >= 11 is 2.25. The number of rotatable bonds is 2. The molecule has 1 aromatic rings. The van der Waals surface area contributed by atoms with Crippen LogP contribution in [0.4, 0.5) is 0 Å². The van der Waals surface area contributed by atoms with Crippen molar-refractivity contribution in [3.05, 3.63) is 45.0 Å². The highest BCUT2D eigenvalue weighted by Gasteiger charge is 2.19. The van der Waals surface area contributed by atoms with E-state index >= 15 is 0 Å². The molecule has 0 aliphatic heterocycles. The molecular formula is C12H15IO. The minimum Gasteiger partial charge on any atom is -0.381 e. The molecule has 1 atom stereocenters. The van der Waals surface area contributed by atoms with E-state index < -0.39 is 5.60 Å². The van der Waals surface area contributed by atoms with Gasteiger partial charge in [-0.05, 0) is 61.1 Å².